The van der Waals surface area contributed by atoms with E-state index in [0.717, 1.165) is 24.9 Å². The van der Waals surface area contributed by atoms with Gasteiger partial charge in [0.25, 0.3) is 0 Å². The van der Waals surface area contributed by atoms with Crippen LogP contribution in [0.1, 0.15) is 37.1 Å². The normalized spacial score (nSPS) is 17.3. The lowest BCUT2D eigenvalue weighted by molar-refractivity contribution is -0.137. The summed E-state index contributed by atoms with van der Waals surface area (Å²) in [6.07, 6.45) is 2.91. The SMILES string of the molecule is Cc1oc(-c2ccccc2)nc1CC(=O)N1CCCC(CCC(=O)O)C1. The molecule has 0 radical (unpaired) electrons. The Balaban J connectivity index is 1.62. The smallest absolute Gasteiger partial charge is 0.303 e. The van der Waals surface area contributed by atoms with Gasteiger partial charge in [0.1, 0.15) is 5.76 Å². The third-order valence-electron chi connectivity index (χ3n) is 4.87. The molecule has 1 saturated heterocycles. The second-order valence-corrected chi connectivity index (χ2v) is 6.85. The zero-order chi connectivity index (χ0) is 18.5. The Hall–Kier alpha value is -2.63. The summed E-state index contributed by atoms with van der Waals surface area (Å²) >= 11 is 0. The number of hydrogen-bond donors (Lipinski definition) is 1. The fourth-order valence-corrected chi connectivity index (χ4v) is 3.41. The molecule has 6 heteroatoms. The molecule has 1 aromatic heterocycles. The number of likely N-dealkylation sites (tertiary alicyclic amines) is 1. The number of piperidine rings is 1. The Morgan fingerprint density at radius 2 is 2.08 bits per heavy atom. The van der Waals surface area contributed by atoms with Crippen LogP contribution in [0.15, 0.2) is 34.7 Å². The van der Waals surface area contributed by atoms with Gasteiger partial charge in [0, 0.05) is 25.1 Å². The second kappa shape index (κ2) is 8.17. The van der Waals surface area contributed by atoms with Crippen LogP contribution in [-0.2, 0) is 16.0 Å². The maximum atomic E-state index is 12.7. The molecule has 0 aliphatic carbocycles. The van der Waals surface area contributed by atoms with Crippen molar-refractivity contribution in [2.24, 2.45) is 5.92 Å². The van der Waals surface area contributed by atoms with Crippen molar-refractivity contribution in [3.05, 3.63) is 41.8 Å². The van der Waals surface area contributed by atoms with Crippen molar-refractivity contribution in [2.45, 2.75) is 39.0 Å². The minimum atomic E-state index is -0.778. The molecule has 1 unspecified atom stereocenters. The number of carboxylic acids is 1. The predicted octanol–water partition coefficient (Wildman–Crippen LogP) is 3.30. The van der Waals surface area contributed by atoms with Crippen LogP contribution in [-0.4, -0.2) is 40.0 Å². The van der Waals surface area contributed by atoms with Crippen LogP contribution in [0, 0.1) is 12.8 Å². The lowest BCUT2D eigenvalue weighted by atomic mass is 9.93. The Morgan fingerprint density at radius 3 is 2.81 bits per heavy atom. The van der Waals surface area contributed by atoms with E-state index in [1.54, 1.807) is 0 Å². The van der Waals surface area contributed by atoms with Crippen molar-refractivity contribution in [1.29, 1.82) is 0 Å². The number of amides is 1. The fraction of sp³-hybridized carbons (Fsp3) is 0.450. The summed E-state index contributed by atoms with van der Waals surface area (Å²) in [6, 6.07) is 9.62. The number of nitrogens with zero attached hydrogens (tertiary/aromatic N) is 2. The summed E-state index contributed by atoms with van der Waals surface area (Å²) in [5.41, 5.74) is 1.56. The zero-order valence-electron chi connectivity index (χ0n) is 15.0. The van der Waals surface area contributed by atoms with E-state index < -0.39 is 5.97 Å². The van der Waals surface area contributed by atoms with Gasteiger partial charge in [0.15, 0.2) is 0 Å². The number of carbonyl (C=O) groups excluding carboxylic acids is 1. The highest BCUT2D eigenvalue weighted by Crippen LogP contribution is 2.24. The van der Waals surface area contributed by atoms with Crippen LogP contribution < -0.4 is 0 Å². The molecular weight excluding hydrogens is 332 g/mol. The quantitative estimate of drug-likeness (QED) is 0.858. The van der Waals surface area contributed by atoms with Crippen LogP contribution in [0.3, 0.4) is 0 Å². The van der Waals surface area contributed by atoms with Gasteiger partial charge in [-0.2, -0.15) is 0 Å². The standard InChI is InChI=1S/C20H24N2O4/c1-14-17(21-20(26-14)16-7-3-2-4-8-16)12-18(23)22-11-5-6-15(13-22)9-10-19(24)25/h2-4,7-8,15H,5-6,9-13H2,1H3,(H,24,25). The van der Waals surface area contributed by atoms with Gasteiger partial charge in [-0.1, -0.05) is 18.2 Å². The summed E-state index contributed by atoms with van der Waals surface area (Å²) in [5, 5.41) is 8.84. The van der Waals surface area contributed by atoms with Crippen LogP contribution in [0.2, 0.25) is 0 Å². The molecule has 1 amide bonds. The maximum Gasteiger partial charge on any atom is 0.303 e. The molecule has 0 bridgehead atoms. The van der Waals surface area contributed by atoms with Gasteiger partial charge in [0.05, 0.1) is 12.1 Å². The summed E-state index contributed by atoms with van der Waals surface area (Å²) in [6.45, 7) is 3.19. The molecule has 1 fully saturated rings. The molecule has 1 atom stereocenters. The first-order chi connectivity index (χ1) is 12.5. The van der Waals surface area contributed by atoms with Crippen LogP contribution in [0.25, 0.3) is 11.5 Å². The minimum absolute atomic E-state index is 0.0287. The summed E-state index contributed by atoms with van der Waals surface area (Å²) in [7, 11) is 0. The van der Waals surface area contributed by atoms with Crippen molar-refractivity contribution in [1.82, 2.24) is 9.88 Å². The monoisotopic (exact) mass is 356 g/mol. The molecule has 1 aliphatic heterocycles. The van der Waals surface area contributed by atoms with Gasteiger partial charge < -0.3 is 14.4 Å². The zero-order valence-corrected chi connectivity index (χ0v) is 15.0. The number of aliphatic carboxylic acids is 1. The number of carboxylic acid groups (broad SMARTS) is 1. The van der Waals surface area contributed by atoms with Gasteiger partial charge in [0.2, 0.25) is 11.8 Å². The molecule has 6 nitrogen and oxygen atoms in total. The summed E-state index contributed by atoms with van der Waals surface area (Å²) in [5.74, 6) is 0.712. The van der Waals surface area contributed by atoms with Gasteiger partial charge in [-0.25, -0.2) is 4.98 Å². The van der Waals surface area contributed by atoms with E-state index in [0.29, 0.717) is 30.3 Å². The highest BCUT2D eigenvalue weighted by molar-refractivity contribution is 5.78. The molecule has 1 aromatic carbocycles. The molecule has 2 aromatic rings. The Morgan fingerprint density at radius 1 is 1.31 bits per heavy atom. The van der Waals surface area contributed by atoms with Crippen molar-refractivity contribution in [3.8, 4) is 11.5 Å². The number of aromatic nitrogens is 1. The van der Waals surface area contributed by atoms with Crippen molar-refractivity contribution >= 4 is 11.9 Å². The molecule has 1 aliphatic rings. The molecule has 1 N–H and O–H groups in total. The topological polar surface area (TPSA) is 83.6 Å². The Labute approximate surface area is 152 Å². The van der Waals surface area contributed by atoms with Crippen LogP contribution >= 0.6 is 0 Å². The lowest BCUT2D eigenvalue weighted by Gasteiger charge is -2.32. The average Bonchev–Trinajstić information content (AvgIpc) is 3.01. The first kappa shape index (κ1) is 18.2. The first-order valence-corrected chi connectivity index (χ1v) is 9.04. The molecule has 0 saturated carbocycles. The molecule has 138 valence electrons. The van der Waals surface area contributed by atoms with E-state index in [1.807, 2.05) is 42.2 Å². The third-order valence-corrected chi connectivity index (χ3v) is 4.87. The summed E-state index contributed by atoms with van der Waals surface area (Å²) < 4.78 is 5.73. The van der Waals surface area contributed by atoms with Crippen LogP contribution in [0.5, 0.6) is 0 Å². The highest BCUT2D eigenvalue weighted by atomic mass is 16.4. The Bertz CT molecular complexity index is 769. The van der Waals surface area contributed by atoms with Gasteiger partial charge in [-0.15, -0.1) is 0 Å². The van der Waals surface area contributed by atoms with Crippen LogP contribution in [0.4, 0.5) is 0 Å². The third kappa shape index (κ3) is 4.50. The lowest BCUT2D eigenvalue weighted by Crippen LogP contribution is -2.41. The number of oxazole rings is 1. The number of benzene rings is 1. The highest BCUT2D eigenvalue weighted by Gasteiger charge is 2.25. The maximum absolute atomic E-state index is 12.7. The predicted molar refractivity (Wildman–Crippen MR) is 96.6 cm³/mol. The van der Waals surface area contributed by atoms with E-state index in [1.165, 1.54) is 0 Å². The average molecular weight is 356 g/mol. The van der Waals surface area contributed by atoms with Crippen molar-refractivity contribution < 1.29 is 19.1 Å². The van der Waals surface area contributed by atoms with E-state index in [9.17, 15) is 9.59 Å². The van der Waals surface area contributed by atoms with E-state index in [-0.39, 0.29) is 24.7 Å². The van der Waals surface area contributed by atoms with Gasteiger partial charge in [-0.05, 0) is 44.2 Å². The minimum Gasteiger partial charge on any atom is -0.481 e. The van der Waals surface area contributed by atoms with E-state index >= 15 is 0 Å². The summed E-state index contributed by atoms with van der Waals surface area (Å²) in [4.78, 5) is 29.8. The molecular formula is C20H24N2O4. The molecule has 3 rings (SSSR count). The molecule has 0 spiro atoms. The molecule has 2 heterocycles. The van der Waals surface area contributed by atoms with Gasteiger partial charge >= 0.3 is 5.97 Å². The fourth-order valence-electron chi connectivity index (χ4n) is 3.41. The van der Waals surface area contributed by atoms with Crippen molar-refractivity contribution in [2.75, 3.05) is 13.1 Å². The van der Waals surface area contributed by atoms with E-state index in [2.05, 4.69) is 4.98 Å². The van der Waals surface area contributed by atoms with Crippen molar-refractivity contribution in [3.63, 3.8) is 0 Å². The first-order valence-electron chi connectivity index (χ1n) is 9.04. The molecule has 26 heavy (non-hydrogen) atoms. The largest absolute Gasteiger partial charge is 0.481 e. The second-order valence-electron chi connectivity index (χ2n) is 6.85. The number of rotatable bonds is 6. The number of aryl methyl sites for hydroxylation is 1. The van der Waals surface area contributed by atoms with Gasteiger partial charge in [-0.3, -0.25) is 9.59 Å². The number of hydrogen-bond acceptors (Lipinski definition) is 4. The van der Waals surface area contributed by atoms with E-state index in [4.69, 9.17) is 9.52 Å². The Kier molecular flexibility index (Phi) is 5.71. The number of carbonyl (C=O) groups is 2.